The number of rotatable bonds is 5. The molecule has 1 aromatic carbocycles. The Morgan fingerprint density at radius 1 is 1.44 bits per heavy atom. The van der Waals surface area contributed by atoms with Gasteiger partial charge in [0.1, 0.15) is 5.75 Å². The molecule has 0 amide bonds. The van der Waals surface area contributed by atoms with Gasteiger partial charge in [-0.1, -0.05) is 12.1 Å². The monoisotopic (exact) mass is 246 g/mol. The van der Waals surface area contributed by atoms with Crippen molar-refractivity contribution in [2.24, 2.45) is 11.1 Å². The average Bonchev–Trinajstić information content (AvgIpc) is 2.28. The summed E-state index contributed by atoms with van der Waals surface area (Å²) < 4.78 is 5.79. The summed E-state index contributed by atoms with van der Waals surface area (Å²) >= 11 is 0. The summed E-state index contributed by atoms with van der Waals surface area (Å²) in [7, 11) is 0. The van der Waals surface area contributed by atoms with Crippen molar-refractivity contribution in [3.8, 4) is 11.8 Å². The summed E-state index contributed by atoms with van der Waals surface area (Å²) in [5.41, 5.74) is 7.72. The van der Waals surface area contributed by atoms with Crippen molar-refractivity contribution in [2.75, 3.05) is 6.61 Å². The van der Waals surface area contributed by atoms with Gasteiger partial charge in [-0.15, -0.1) is 0 Å². The van der Waals surface area contributed by atoms with E-state index in [4.69, 9.17) is 15.7 Å². The van der Waals surface area contributed by atoms with Crippen LogP contribution >= 0.6 is 0 Å². The van der Waals surface area contributed by atoms with Crippen LogP contribution in [0.25, 0.3) is 0 Å². The second-order valence-electron chi connectivity index (χ2n) is 5.42. The molecule has 0 spiro atoms. The Morgan fingerprint density at radius 3 is 2.67 bits per heavy atom. The molecule has 0 saturated heterocycles. The lowest BCUT2D eigenvalue weighted by molar-refractivity contribution is 0.261. The number of ether oxygens (including phenoxy) is 1. The van der Waals surface area contributed by atoms with Crippen LogP contribution in [0.15, 0.2) is 18.2 Å². The maximum atomic E-state index is 8.95. The van der Waals surface area contributed by atoms with E-state index in [1.165, 1.54) is 0 Å². The second kappa shape index (κ2) is 5.88. The Balaban J connectivity index is 2.73. The van der Waals surface area contributed by atoms with Crippen LogP contribution in [-0.4, -0.2) is 6.61 Å². The van der Waals surface area contributed by atoms with E-state index in [1.54, 1.807) is 0 Å². The van der Waals surface area contributed by atoms with Gasteiger partial charge in [-0.05, 0) is 45.7 Å². The highest BCUT2D eigenvalue weighted by atomic mass is 16.5. The van der Waals surface area contributed by atoms with Crippen LogP contribution in [0.1, 0.15) is 44.4 Å². The Bertz CT molecular complexity index is 444. The molecule has 0 heterocycles. The molecule has 0 aliphatic rings. The zero-order valence-electron chi connectivity index (χ0n) is 11.7. The summed E-state index contributed by atoms with van der Waals surface area (Å²) in [6.07, 6.45) is 0.704. The summed E-state index contributed by atoms with van der Waals surface area (Å²) in [4.78, 5) is 0. The molecule has 1 rings (SSSR count). The molecule has 1 aromatic rings. The van der Waals surface area contributed by atoms with Gasteiger partial charge in [0.2, 0.25) is 0 Å². The quantitative estimate of drug-likeness (QED) is 0.866. The number of nitrogens with two attached hydrogens (primary N) is 1. The summed E-state index contributed by atoms with van der Waals surface area (Å²) in [6, 6.07) is 8.26. The van der Waals surface area contributed by atoms with E-state index in [9.17, 15) is 0 Å². The van der Waals surface area contributed by atoms with Crippen LogP contribution < -0.4 is 10.5 Å². The third kappa shape index (κ3) is 4.05. The van der Waals surface area contributed by atoms with Crippen molar-refractivity contribution in [1.29, 1.82) is 5.26 Å². The maximum Gasteiger partial charge on any atom is 0.124 e. The minimum absolute atomic E-state index is 0.0513. The van der Waals surface area contributed by atoms with E-state index in [0.717, 1.165) is 16.9 Å². The van der Waals surface area contributed by atoms with E-state index in [1.807, 2.05) is 45.9 Å². The van der Waals surface area contributed by atoms with Crippen LogP contribution in [0.3, 0.4) is 0 Å². The van der Waals surface area contributed by atoms with E-state index in [-0.39, 0.29) is 11.5 Å². The number of hydrogen-bond donors (Lipinski definition) is 1. The van der Waals surface area contributed by atoms with Gasteiger partial charge in [-0.25, -0.2) is 0 Å². The highest BCUT2D eigenvalue weighted by Crippen LogP contribution is 2.26. The molecular weight excluding hydrogens is 224 g/mol. The number of nitriles is 1. The predicted molar refractivity (Wildman–Crippen MR) is 73.3 cm³/mol. The first kappa shape index (κ1) is 14.5. The summed E-state index contributed by atoms with van der Waals surface area (Å²) in [5, 5.41) is 8.95. The van der Waals surface area contributed by atoms with Crippen molar-refractivity contribution in [2.45, 2.75) is 40.2 Å². The van der Waals surface area contributed by atoms with E-state index in [0.29, 0.717) is 13.0 Å². The van der Waals surface area contributed by atoms with Gasteiger partial charge in [0.25, 0.3) is 0 Å². The minimum atomic E-state index is -0.349. The molecule has 0 bridgehead atoms. The van der Waals surface area contributed by atoms with Crippen molar-refractivity contribution >= 4 is 0 Å². The molecule has 1 atom stereocenters. The molecular formula is C15H22N2O. The van der Waals surface area contributed by atoms with Gasteiger partial charge in [0, 0.05) is 11.6 Å². The van der Waals surface area contributed by atoms with Crippen LogP contribution in [0, 0.1) is 23.7 Å². The van der Waals surface area contributed by atoms with Crippen LogP contribution in [0.4, 0.5) is 0 Å². The predicted octanol–water partition coefficient (Wildman–Crippen LogP) is 3.33. The molecule has 18 heavy (non-hydrogen) atoms. The highest BCUT2D eigenvalue weighted by Gasteiger charge is 2.17. The number of nitrogens with zero attached hydrogens (tertiary/aromatic N) is 1. The van der Waals surface area contributed by atoms with Crippen molar-refractivity contribution in [3.05, 3.63) is 29.3 Å². The standard InChI is InChI=1S/C15H22N2O/c1-11-5-6-13(12(2)17)14(9-11)18-8-7-15(3,4)10-16/h5-6,9,12H,7-8,17H2,1-4H3. The molecule has 0 aliphatic heterocycles. The first-order chi connectivity index (χ1) is 8.35. The van der Waals surface area contributed by atoms with E-state index >= 15 is 0 Å². The summed E-state index contributed by atoms with van der Waals surface area (Å²) in [6.45, 7) is 8.33. The minimum Gasteiger partial charge on any atom is -0.493 e. The molecule has 0 fully saturated rings. The fourth-order valence-electron chi connectivity index (χ4n) is 1.61. The molecule has 0 saturated carbocycles. The third-order valence-electron chi connectivity index (χ3n) is 2.95. The second-order valence-corrected chi connectivity index (χ2v) is 5.42. The van der Waals surface area contributed by atoms with Crippen molar-refractivity contribution in [1.82, 2.24) is 0 Å². The van der Waals surface area contributed by atoms with Crippen LogP contribution in [-0.2, 0) is 0 Å². The lowest BCUT2D eigenvalue weighted by Gasteiger charge is -2.18. The van der Waals surface area contributed by atoms with Crippen LogP contribution in [0.5, 0.6) is 5.75 Å². The Hall–Kier alpha value is -1.53. The maximum absolute atomic E-state index is 8.95. The zero-order chi connectivity index (χ0) is 13.8. The molecule has 0 radical (unpaired) electrons. The lowest BCUT2D eigenvalue weighted by Crippen LogP contribution is -2.14. The average molecular weight is 246 g/mol. The molecule has 0 aliphatic carbocycles. The smallest absolute Gasteiger partial charge is 0.124 e. The van der Waals surface area contributed by atoms with E-state index < -0.39 is 0 Å². The fourth-order valence-corrected chi connectivity index (χ4v) is 1.61. The first-order valence-electron chi connectivity index (χ1n) is 6.26. The molecule has 3 heteroatoms. The molecule has 2 N–H and O–H groups in total. The third-order valence-corrected chi connectivity index (χ3v) is 2.95. The Morgan fingerprint density at radius 2 is 2.11 bits per heavy atom. The zero-order valence-corrected chi connectivity index (χ0v) is 11.7. The van der Waals surface area contributed by atoms with Crippen molar-refractivity contribution in [3.63, 3.8) is 0 Å². The Kier molecular flexibility index (Phi) is 4.75. The number of aryl methyl sites for hydroxylation is 1. The normalized spacial score (nSPS) is 12.9. The molecule has 98 valence electrons. The van der Waals surface area contributed by atoms with Gasteiger partial charge in [-0.3, -0.25) is 0 Å². The van der Waals surface area contributed by atoms with Gasteiger partial charge in [-0.2, -0.15) is 5.26 Å². The lowest BCUT2D eigenvalue weighted by atomic mass is 9.92. The van der Waals surface area contributed by atoms with Crippen LogP contribution in [0.2, 0.25) is 0 Å². The van der Waals surface area contributed by atoms with Gasteiger partial charge < -0.3 is 10.5 Å². The summed E-state index contributed by atoms with van der Waals surface area (Å²) in [5.74, 6) is 0.832. The first-order valence-corrected chi connectivity index (χ1v) is 6.26. The fraction of sp³-hybridized carbons (Fsp3) is 0.533. The topological polar surface area (TPSA) is 59.0 Å². The Labute approximate surface area is 110 Å². The van der Waals surface area contributed by atoms with Gasteiger partial charge in [0.15, 0.2) is 0 Å². The number of hydrogen-bond acceptors (Lipinski definition) is 3. The number of benzene rings is 1. The van der Waals surface area contributed by atoms with Gasteiger partial charge >= 0.3 is 0 Å². The van der Waals surface area contributed by atoms with Crippen molar-refractivity contribution < 1.29 is 4.74 Å². The largest absolute Gasteiger partial charge is 0.493 e. The molecule has 0 aromatic heterocycles. The highest BCUT2D eigenvalue weighted by molar-refractivity contribution is 5.38. The van der Waals surface area contributed by atoms with Gasteiger partial charge in [0.05, 0.1) is 18.1 Å². The SMILES string of the molecule is Cc1ccc(C(C)N)c(OCCC(C)(C)C#N)c1. The molecule has 1 unspecified atom stereocenters. The van der Waals surface area contributed by atoms with E-state index in [2.05, 4.69) is 6.07 Å². The molecule has 3 nitrogen and oxygen atoms in total.